The zero-order chi connectivity index (χ0) is 10.3. The predicted octanol–water partition coefficient (Wildman–Crippen LogP) is -0.536. The normalized spacial score (nSPS) is 45.4. The topological polar surface area (TPSA) is 68.2 Å². The van der Waals surface area contributed by atoms with Gasteiger partial charge in [-0.2, -0.15) is 0 Å². The smallest absolute Gasteiger partial charge is 0.188 e. The van der Waals surface area contributed by atoms with E-state index in [0.717, 1.165) is 0 Å². The molecule has 0 saturated carbocycles. The van der Waals surface area contributed by atoms with Crippen LogP contribution in [-0.4, -0.2) is 47.7 Å². The molecule has 0 radical (unpaired) electrons. The maximum absolute atomic E-state index is 9.16. The Labute approximate surface area is 82.6 Å². The van der Waals surface area contributed by atoms with Crippen LogP contribution in [-0.2, 0) is 14.2 Å². The highest BCUT2D eigenvalue weighted by Gasteiger charge is 2.54. The number of ether oxygens (including phenoxy) is 3. The van der Waals surface area contributed by atoms with E-state index in [1.165, 1.54) is 0 Å². The molecular weight excluding hydrogens is 188 g/mol. The lowest BCUT2D eigenvalue weighted by atomic mass is 10.0. The van der Waals surface area contributed by atoms with E-state index >= 15 is 0 Å². The van der Waals surface area contributed by atoms with Crippen molar-refractivity contribution < 1.29 is 24.4 Å². The second-order valence-electron chi connectivity index (χ2n) is 4.17. The molecule has 5 nitrogen and oxygen atoms in total. The summed E-state index contributed by atoms with van der Waals surface area (Å²) >= 11 is 0. The third-order valence-electron chi connectivity index (χ3n) is 2.69. The molecule has 5 heteroatoms. The van der Waals surface area contributed by atoms with E-state index in [1.54, 1.807) is 13.8 Å². The molecule has 0 unspecified atom stereocenters. The van der Waals surface area contributed by atoms with Crippen LogP contribution in [0.25, 0.3) is 0 Å². The van der Waals surface area contributed by atoms with Gasteiger partial charge in [0.05, 0.1) is 19.3 Å². The van der Waals surface area contributed by atoms with Gasteiger partial charge in [-0.05, 0) is 13.8 Å². The molecule has 0 aliphatic carbocycles. The van der Waals surface area contributed by atoms with Crippen molar-refractivity contribution in [2.45, 2.75) is 38.1 Å². The third kappa shape index (κ3) is 1.55. The summed E-state index contributed by atoms with van der Waals surface area (Å²) in [5, 5.41) is 18.2. The van der Waals surface area contributed by atoms with Crippen molar-refractivity contribution >= 4 is 0 Å². The second-order valence-corrected chi connectivity index (χ2v) is 4.17. The third-order valence-corrected chi connectivity index (χ3v) is 2.69. The molecule has 0 bridgehead atoms. The zero-order valence-corrected chi connectivity index (χ0v) is 8.34. The average molecular weight is 204 g/mol. The summed E-state index contributed by atoms with van der Waals surface area (Å²) in [5.74, 6) is -0.866. The summed E-state index contributed by atoms with van der Waals surface area (Å²) in [6, 6.07) is 0. The van der Waals surface area contributed by atoms with E-state index in [1.807, 2.05) is 0 Å². The van der Waals surface area contributed by atoms with Crippen molar-refractivity contribution in [3.63, 3.8) is 0 Å². The quantitative estimate of drug-likeness (QED) is 0.632. The van der Waals surface area contributed by atoms with E-state index < -0.39 is 12.1 Å². The number of aliphatic hydroxyl groups is 2. The van der Waals surface area contributed by atoms with E-state index in [-0.39, 0.29) is 31.3 Å². The van der Waals surface area contributed by atoms with Crippen molar-refractivity contribution in [2.24, 2.45) is 5.92 Å². The van der Waals surface area contributed by atoms with Gasteiger partial charge in [0.25, 0.3) is 0 Å². The van der Waals surface area contributed by atoms with Gasteiger partial charge in [0.2, 0.25) is 0 Å². The molecule has 14 heavy (non-hydrogen) atoms. The molecule has 2 heterocycles. The molecule has 0 spiro atoms. The summed E-state index contributed by atoms with van der Waals surface area (Å²) in [6.07, 6.45) is -1.11. The number of fused-ring (bicyclic) bond motifs is 1. The molecule has 0 aromatic carbocycles. The summed E-state index contributed by atoms with van der Waals surface area (Å²) < 4.78 is 16.5. The van der Waals surface area contributed by atoms with Crippen molar-refractivity contribution in [1.82, 2.24) is 0 Å². The Bertz CT molecular complexity index is 217. The van der Waals surface area contributed by atoms with Gasteiger partial charge in [0.15, 0.2) is 12.1 Å². The minimum Gasteiger partial charge on any atom is -0.396 e. The van der Waals surface area contributed by atoms with Crippen molar-refractivity contribution in [3.05, 3.63) is 0 Å². The highest BCUT2D eigenvalue weighted by atomic mass is 16.8. The van der Waals surface area contributed by atoms with E-state index in [2.05, 4.69) is 0 Å². The number of rotatable bonds is 2. The molecule has 2 N–H and O–H groups in total. The molecule has 4 atom stereocenters. The van der Waals surface area contributed by atoms with Crippen LogP contribution >= 0.6 is 0 Å². The molecule has 0 amide bonds. The van der Waals surface area contributed by atoms with Crippen molar-refractivity contribution in [1.29, 1.82) is 0 Å². The fourth-order valence-corrected chi connectivity index (χ4v) is 2.04. The van der Waals surface area contributed by atoms with E-state index in [0.29, 0.717) is 0 Å². The fourth-order valence-electron chi connectivity index (χ4n) is 2.04. The van der Waals surface area contributed by atoms with Crippen molar-refractivity contribution in [2.75, 3.05) is 13.2 Å². The van der Waals surface area contributed by atoms with Gasteiger partial charge < -0.3 is 24.4 Å². The highest BCUT2D eigenvalue weighted by molar-refractivity contribution is 4.92. The Morgan fingerprint density at radius 2 is 1.86 bits per heavy atom. The fraction of sp³-hybridized carbons (Fsp3) is 1.00. The molecule has 82 valence electrons. The maximum Gasteiger partial charge on any atom is 0.188 e. The van der Waals surface area contributed by atoms with Crippen LogP contribution in [0.2, 0.25) is 0 Å². The Balaban J connectivity index is 2.09. The summed E-state index contributed by atoms with van der Waals surface area (Å²) in [7, 11) is 0. The molecule has 2 aliphatic heterocycles. The van der Waals surface area contributed by atoms with E-state index in [4.69, 9.17) is 24.4 Å². The molecule has 2 fully saturated rings. The van der Waals surface area contributed by atoms with Crippen LogP contribution in [0.15, 0.2) is 0 Å². The lowest BCUT2D eigenvalue weighted by Crippen LogP contribution is -2.33. The maximum atomic E-state index is 9.16. The van der Waals surface area contributed by atoms with Crippen LogP contribution < -0.4 is 0 Å². The summed E-state index contributed by atoms with van der Waals surface area (Å²) in [6.45, 7) is 3.42. The first kappa shape index (κ1) is 10.3. The standard InChI is InChI=1S/C9H16O5/c1-9(2)13-7-5(3-10)6(4-11)12-8(7)14-9/h5-8,10-11H,3-4H2,1-2H3/t5-,6-,7-,8-/m1/s1. The Morgan fingerprint density at radius 1 is 1.14 bits per heavy atom. The SMILES string of the molecule is CC1(C)O[C@H]2O[C@H](CO)[C@@H](CO)[C@H]2O1. The first-order valence-electron chi connectivity index (χ1n) is 4.80. The van der Waals surface area contributed by atoms with Gasteiger partial charge in [-0.1, -0.05) is 0 Å². The van der Waals surface area contributed by atoms with Gasteiger partial charge in [-0.15, -0.1) is 0 Å². The predicted molar refractivity (Wildman–Crippen MR) is 46.4 cm³/mol. The molecular formula is C9H16O5. The van der Waals surface area contributed by atoms with Crippen LogP contribution in [0.3, 0.4) is 0 Å². The Kier molecular flexibility index (Phi) is 2.53. The molecule has 0 aromatic heterocycles. The number of hydrogen-bond donors (Lipinski definition) is 2. The lowest BCUT2D eigenvalue weighted by molar-refractivity contribution is -0.214. The van der Waals surface area contributed by atoms with Gasteiger partial charge in [0, 0.05) is 5.92 Å². The van der Waals surface area contributed by atoms with Crippen molar-refractivity contribution in [3.8, 4) is 0 Å². The van der Waals surface area contributed by atoms with Crippen LogP contribution in [0.4, 0.5) is 0 Å². The van der Waals surface area contributed by atoms with Crippen LogP contribution in [0.1, 0.15) is 13.8 Å². The number of aliphatic hydroxyl groups excluding tert-OH is 2. The van der Waals surface area contributed by atoms with Crippen LogP contribution in [0, 0.1) is 5.92 Å². The largest absolute Gasteiger partial charge is 0.396 e. The zero-order valence-electron chi connectivity index (χ0n) is 8.34. The van der Waals surface area contributed by atoms with Gasteiger partial charge in [-0.3, -0.25) is 0 Å². The summed E-state index contributed by atoms with van der Waals surface area (Å²) in [4.78, 5) is 0. The monoisotopic (exact) mass is 204 g/mol. The Morgan fingerprint density at radius 3 is 2.43 bits per heavy atom. The van der Waals surface area contributed by atoms with Gasteiger partial charge >= 0.3 is 0 Å². The lowest BCUT2D eigenvalue weighted by Gasteiger charge is -2.23. The average Bonchev–Trinajstić information content (AvgIpc) is 2.55. The van der Waals surface area contributed by atoms with Gasteiger partial charge in [0.1, 0.15) is 6.10 Å². The minimum absolute atomic E-state index is 0.0637. The Hall–Kier alpha value is -0.200. The molecule has 0 aromatic rings. The van der Waals surface area contributed by atoms with E-state index in [9.17, 15) is 0 Å². The van der Waals surface area contributed by atoms with Crippen LogP contribution in [0.5, 0.6) is 0 Å². The summed E-state index contributed by atoms with van der Waals surface area (Å²) in [5.41, 5.74) is 0. The minimum atomic E-state index is -0.664. The second kappa shape index (κ2) is 3.43. The number of hydrogen-bond acceptors (Lipinski definition) is 5. The first-order chi connectivity index (χ1) is 6.57. The highest BCUT2D eigenvalue weighted by Crippen LogP contribution is 2.40. The van der Waals surface area contributed by atoms with Gasteiger partial charge in [-0.25, -0.2) is 0 Å². The molecule has 2 saturated heterocycles. The molecule has 2 aliphatic rings. The first-order valence-corrected chi connectivity index (χ1v) is 4.80. The molecule has 2 rings (SSSR count).